The van der Waals surface area contributed by atoms with Gasteiger partial charge in [-0.1, -0.05) is 42.5 Å². The number of carbonyl (C=O) groups is 3. The Morgan fingerprint density at radius 1 is 0.977 bits per heavy atom. The fourth-order valence-corrected chi connectivity index (χ4v) is 6.41. The average molecular weight is 630 g/mol. The van der Waals surface area contributed by atoms with Crippen molar-refractivity contribution in [2.75, 3.05) is 31.4 Å². The van der Waals surface area contributed by atoms with E-state index in [9.17, 15) is 19.6 Å². The van der Waals surface area contributed by atoms with Crippen LogP contribution >= 0.6 is 23.1 Å². The van der Waals surface area contributed by atoms with Gasteiger partial charge >= 0.3 is 11.9 Å². The van der Waals surface area contributed by atoms with Gasteiger partial charge in [0.05, 0.1) is 37.1 Å². The van der Waals surface area contributed by atoms with E-state index in [1.807, 2.05) is 60.7 Å². The Bertz CT molecular complexity index is 1700. The summed E-state index contributed by atoms with van der Waals surface area (Å²) in [6.45, 7) is 5.30. The van der Waals surface area contributed by atoms with Crippen molar-refractivity contribution in [1.29, 1.82) is 5.26 Å². The molecule has 4 aromatic rings. The molecule has 0 radical (unpaired) electrons. The Balaban J connectivity index is 1.59. The Morgan fingerprint density at radius 2 is 1.66 bits per heavy atom. The van der Waals surface area contributed by atoms with Crippen molar-refractivity contribution in [3.05, 3.63) is 82.2 Å². The predicted octanol–water partition coefficient (Wildman–Crippen LogP) is 7.14. The lowest BCUT2D eigenvalue weighted by molar-refractivity contribution is -0.115. The number of nitrogens with zero attached hydrogens (tertiary/aromatic N) is 2. The molecule has 2 heterocycles. The molecule has 0 aliphatic heterocycles. The van der Waals surface area contributed by atoms with Gasteiger partial charge in [0.25, 0.3) is 0 Å². The number of ether oxygens (including phenoxy) is 3. The lowest BCUT2D eigenvalue weighted by atomic mass is 9.99. The molecule has 0 saturated carbocycles. The molecule has 0 aliphatic rings. The number of thioether (sulfide) groups is 1. The van der Waals surface area contributed by atoms with Gasteiger partial charge in [-0.15, -0.1) is 23.1 Å². The van der Waals surface area contributed by atoms with Crippen LogP contribution in [0.25, 0.3) is 22.4 Å². The molecule has 0 fully saturated rings. The normalized spacial score (nSPS) is 10.5. The smallest absolute Gasteiger partial charge is 0.348 e. The van der Waals surface area contributed by atoms with E-state index in [2.05, 4.69) is 11.4 Å². The fraction of sp³-hybridized carbons (Fsp3) is 0.242. The Kier molecular flexibility index (Phi) is 11.1. The molecule has 0 atom stereocenters. The summed E-state index contributed by atoms with van der Waals surface area (Å²) in [4.78, 5) is 43.2. The number of thiophene rings is 1. The van der Waals surface area contributed by atoms with E-state index in [1.54, 1.807) is 27.9 Å². The van der Waals surface area contributed by atoms with Crippen LogP contribution in [-0.2, 0) is 14.3 Å². The minimum absolute atomic E-state index is 0.0542. The van der Waals surface area contributed by atoms with Gasteiger partial charge in [-0.3, -0.25) is 4.79 Å². The van der Waals surface area contributed by atoms with Gasteiger partial charge in [0, 0.05) is 23.3 Å². The zero-order valence-electron chi connectivity index (χ0n) is 24.8. The highest BCUT2D eigenvalue weighted by molar-refractivity contribution is 7.99. The summed E-state index contributed by atoms with van der Waals surface area (Å²) in [5.41, 5.74) is 4.06. The van der Waals surface area contributed by atoms with E-state index in [4.69, 9.17) is 19.2 Å². The number of pyridine rings is 1. The maximum Gasteiger partial charge on any atom is 0.348 e. The number of nitriles is 1. The highest BCUT2D eigenvalue weighted by Crippen LogP contribution is 2.36. The minimum atomic E-state index is -0.631. The van der Waals surface area contributed by atoms with Crippen molar-refractivity contribution in [3.8, 4) is 34.2 Å². The number of carbonyl (C=O) groups excluding carboxylic acids is 3. The van der Waals surface area contributed by atoms with Crippen molar-refractivity contribution in [2.45, 2.75) is 32.2 Å². The van der Waals surface area contributed by atoms with Gasteiger partial charge in [0.15, 0.2) is 0 Å². The quantitative estimate of drug-likeness (QED) is 0.128. The van der Waals surface area contributed by atoms with E-state index in [0.717, 1.165) is 28.0 Å². The van der Waals surface area contributed by atoms with E-state index in [0.29, 0.717) is 33.3 Å². The van der Waals surface area contributed by atoms with Crippen LogP contribution in [0.4, 0.5) is 5.00 Å². The lowest BCUT2D eigenvalue weighted by Gasteiger charge is -2.13. The standard InChI is InChI=1S/C33H31N3O6S2/c1-5-41-32(38)28-20(3)29(33(39)42-6-2)44-31(28)36-27(37)16-17-43-30-25(19-34)24(21-12-14-23(40-4)15-13-21)18-26(35-30)22-10-8-7-9-11-22/h7-15,18H,5-6,16-17H2,1-4H3,(H,36,37). The number of anilines is 1. The number of nitrogens with one attached hydrogen (secondary N) is 1. The third-order valence-corrected chi connectivity index (χ3v) is 8.64. The molecule has 44 heavy (non-hydrogen) atoms. The number of hydrogen-bond acceptors (Lipinski definition) is 10. The maximum absolute atomic E-state index is 13.1. The molecule has 0 aliphatic carbocycles. The van der Waals surface area contributed by atoms with Crippen molar-refractivity contribution in [3.63, 3.8) is 0 Å². The fourth-order valence-electron chi connectivity index (χ4n) is 4.36. The molecular formula is C33H31N3O6S2. The zero-order chi connectivity index (χ0) is 31.6. The molecule has 2 aromatic carbocycles. The summed E-state index contributed by atoms with van der Waals surface area (Å²) >= 11 is 2.27. The van der Waals surface area contributed by atoms with E-state index < -0.39 is 11.9 Å². The average Bonchev–Trinajstić information content (AvgIpc) is 3.36. The van der Waals surface area contributed by atoms with Gasteiger partial charge in [-0.05, 0) is 50.1 Å². The largest absolute Gasteiger partial charge is 0.497 e. The first kappa shape index (κ1) is 32.3. The monoisotopic (exact) mass is 629 g/mol. The molecule has 9 nitrogen and oxygen atoms in total. The summed E-state index contributed by atoms with van der Waals surface area (Å²) < 4.78 is 15.6. The number of methoxy groups -OCH3 is 1. The van der Waals surface area contributed by atoms with Crippen molar-refractivity contribution in [2.24, 2.45) is 0 Å². The van der Waals surface area contributed by atoms with Crippen LogP contribution in [0.15, 0.2) is 65.7 Å². The topological polar surface area (TPSA) is 128 Å². The molecule has 1 N–H and O–H groups in total. The summed E-state index contributed by atoms with van der Waals surface area (Å²) in [7, 11) is 1.59. The number of aromatic nitrogens is 1. The van der Waals surface area contributed by atoms with Crippen molar-refractivity contribution < 1.29 is 28.6 Å². The zero-order valence-corrected chi connectivity index (χ0v) is 26.4. The van der Waals surface area contributed by atoms with Crippen LogP contribution in [0.1, 0.15) is 51.4 Å². The molecule has 2 aromatic heterocycles. The molecule has 0 spiro atoms. The van der Waals surface area contributed by atoms with Crippen LogP contribution in [0.2, 0.25) is 0 Å². The molecule has 0 saturated heterocycles. The summed E-state index contributed by atoms with van der Waals surface area (Å²) in [5, 5.41) is 13.7. The predicted molar refractivity (Wildman–Crippen MR) is 171 cm³/mol. The first-order chi connectivity index (χ1) is 21.3. The van der Waals surface area contributed by atoms with Crippen LogP contribution in [0.5, 0.6) is 5.75 Å². The Hall–Kier alpha value is -4.66. The highest BCUT2D eigenvalue weighted by atomic mass is 32.2. The maximum atomic E-state index is 13.1. The third kappa shape index (κ3) is 7.45. The molecule has 226 valence electrons. The molecule has 1 amide bonds. The second-order valence-electron chi connectivity index (χ2n) is 9.29. The second kappa shape index (κ2) is 15.2. The molecule has 0 bridgehead atoms. The Labute approximate surface area is 264 Å². The number of esters is 2. The van der Waals surface area contributed by atoms with Gasteiger partial charge < -0.3 is 19.5 Å². The summed E-state index contributed by atoms with van der Waals surface area (Å²) in [5.74, 6) is -0.567. The van der Waals surface area contributed by atoms with E-state index >= 15 is 0 Å². The molecule has 11 heteroatoms. The van der Waals surface area contributed by atoms with Gasteiger partial charge in [-0.25, -0.2) is 14.6 Å². The van der Waals surface area contributed by atoms with Gasteiger partial charge in [-0.2, -0.15) is 5.26 Å². The number of amides is 1. The van der Waals surface area contributed by atoms with Crippen molar-refractivity contribution in [1.82, 2.24) is 4.98 Å². The third-order valence-electron chi connectivity index (χ3n) is 6.48. The summed E-state index contributed by atoms with van der Waals surface area (Å²) in [6.07, 6.45) is 0.0542. The molecule has 4 rings (SSSR count). The molecule has 0 unspecified atom stereocenters. The lowest BCUT2D eigenvalue weighted by Crippen LogP contribution is -2.15. The van der Waals surface area contributed by atoms with Crippen LogP contribution in [0, 0.1) is 18.3 Å². The summed E-state index contributed by atoms with van der Waals surface area (Å²) in [6, 6.07) is 21.3. The van der Waals surface area contributed by atoms with Crippen LogP contribution < -0.4 is 10.1 Å². The van der Waals surface area contributed by atoms with E-state index in [-0.39, 0.29) is 41.0 Å². The van der Waals surface area contributed by atoms with Gasteiger partial charge in [0.1, 0.15) is 26.7 Å². The van der Waals surface area contributed by atoms with Gasteiger partial charge in [0.2, 0.25) is 5.91 Å². The SMILES string of the molecule is CCOC(=O)c1sc(NC(=O)CCSc2nc(-c3ccccc3)cc(-c3ccc(OC)cc3)c2C#N)c(C(=O)OCC)c1C. The second-order valence-corrected chi connectivity index (χ2v) is 11.4. The van der Waals surface area contributed by atoms with Crippen LogP contribution in [-0.4, -0.2) is 48.9 Å². The minimum Gasteiger partial charge on any atom is -0.497 e. The number of rotatable bonds is 12. The van der Waals surface area contributed by atoms with E-state index in [1.165, 1.54) is 11.8 Å². The first-order valence-corrected chi connectivity index (χ1v) is 15.7. The Morgan fingerprint density at radius 3 is 2.30 bits per heavy atom. The number of hydrogen-bond donors (Lipinski definition) is 1. The number of benzene rings is 2. The first-order valence-electron chi connectivity index (χ1n) is 13.9. The molecular weight excluding hydrogens is 599 g/mol. The van der Waals surface area contributed by atoms with Crippen LogP contribution in [0.3, 0.4) is 0 Å². The van der Waals surface area contributed by atoms with Crippen molar-refractivity contribution >= 4 is 45.9 Å². The highest BCUT2D eigenvalue weighted by Gasteiger charge is 2.27.